The number of ether oxygens (including phenoxy) is 1. The molecule has 1 aromatic carbocycles. The second-order valence-corrected chi connectivity index (χ2v) is 8.00. The maximum atomic E-state index is 12.5. The van der Waals surface area contributed by atoms with Gasteiger partial charge in [-0.05, 0) is 24.0 Å². The van der Waals surface area contributed by atoms with Crippen molar-refractivity contribution < 1.29 is 14.9 Å². The van der Waals surface area contributed by atoms with Gasteiger partial charge in [-0.2, -0.15) is 0 Å². The minimum atomic E-state index is -0.902. The van der Waals surface area contributed by atoms with Crippen molar-refractivity contribution in [1.29, 1.82) is 0 Å². The average molecular weight is 441 g/mol. The van der Waals surface area contributed by atoms with E-state index in [1.165, 1.54) is 16.3 Å². The molecule has 2 aromatic heterocycles. The van der Waals surface area contributed by atoms with Crippen molar-refractivity contribution in [3.63, 3.8) is 0 Å². The van der Waals surface area contributed by atoms with Crippen LogP contribution in [0.5, 0.6) is 0 Å². The quantitative estimate of drug-likeness (QED) is 0.471. The van der Waals surface area contributed by atoms with Crippen LogP contribution in [0.3, 0.4) is 0 Å². The van der Waals surface area contributed by atoms with Gasteiger partial charge in [0.15, 0.2) is 0 Å². The van der Waals surface area contributed by atoms with Crippen LogP contribution >= 0.6 is 0 Å². The fourth-order valence-electron chi connectivity index (χ4n) is 3.93. The molecule has 3 aromatic rings. The number of nitrogens with one attached hydrogen (secondary N) is 1. The summed E-state index contributed by atoms with van der Waals surface area (Å²) in [6.45, 7) is 2.31. The molecule has 0 spiro atoms. The smallest absolute Gasteiger partial charge is 0.330 e. The van der Waals surface area contributed by atoms with Gasteiger partial charge in [0.2, 0.25) is 0 Å². The molecular weight excluding hydrogens is 414 g/mol. The number of unbranched alkanes of at least 4 members (excludes halogenated alkanes) is 1. The summed E-state index contributed by atoms with van der Waals surface area (Å²) < 4.78 is 8.41. The second kappa shape index (κ2) is 9.60. The summed E-state index contributed by atoms with van der Waals surface area (Å²) in [6.07, 6.45) is 3.87. The third-order valence-electron chi connectivity index (χ3n) is 5.73. The topological polar surface area (TPSA) is 135 Å². The molecule has 1 saturated heterocycles. The molecular formula is C22H27N5O5. The molecule has 0 aliphatic carbocycles. The summed E-state index contributed by atoms with van der Waals surface area (Å²) in [5, 5.41) is 27.5. The number of benzene rings is 1. The van der Waals surface area contributed by atoms with Crippen molar-refractivity contribution in [2.24, 2.45) is 0 Å². The van der Waals surface area contributed by atoms with Gasteiger partial charge >= 0.3 is 5.69 Å². The Hall–Kier alpha value is -3.08. The van der Waals surface area contributed by atoms with Gasteiger partial charge in [0.25, 0.3) is 5.56 Å². The van der Waals surface area contributed by atoms with Crippen molar-refractivity contribution >= 4 is 0 Å². The lowest BCUT2D eigenvalue weighted by Crippen LogP contribution is -2.33. The van der Waals surface area contributed by atoms with Gasteiger partial charge in [0.05, 0.1) is 31.0 Å². The zero-order valence-corrected chi connectivity index (χ0v) is 17.8. The van der Waals surface area contributed by atoms with Crippen molar-refractivity contribution in [2.45, 2.75) is 57.6 Å². The van der Waals surface area contributed by atoms with Crippen LogP contribution in [0.25, 0.3) is 11.3 Å². The van der Waals surface area contributed by atoms with Crippen LogP contribution in [0.15, 0.2) is 46.2 Å². The van der Waals surface area contributed by atoms with Crippen LogP contribution in [0.1, 0.15) is 43.5 Å². The van der Waals surface area contributed by atoms with E-state index < -0.39 is 29.7 Å². The average Bonchev–Trinajstić information content (AvgIpc) is 3.39. The molecule has 0 amide bonds. The molecule has 1 aliphatic heterocycles. The van der Waals surface area contributed by atoms with E-state index in [2.05, 4.69) is 34.4 Å². The van der Waals surface area contributed by atoms with Crippen LogP contribution in [0.4, 0.5) is 0 Å². The molecule has 0 unspecified atom stereocenters. The van der Waals surface area contributed by atoms with Crippen LogP contribution in [0, 0.1) is 0 Å². The highest BCUT2D eigenvalue weighted by Crippen LogP contribution is 2.27. The fourth-order valence-corrected chi connectivity index (χ4v) is 3.93. The Kier molecular flexibility index (Phi) is 6.63. The molecule has 4 rings (SSSR count). The number of aromatic nitrogens is 5. The molecule has 1 fully saturated rings. The van der Waals surface area contributed by atoms with Crippen LogP contribution < -0.4 is 11.2 Å². The summed E-state index contributed by atoms with van der Waals surface area (Å²) in [5.41, 5.74) is 1.64. The Morgan fingerprint density at radius 1 is 1.22 bits per heavy atom. The number of hydrogen-bond acceptors (Lipinski definition) is 7. The minimum Gasteiger partial charge on any atom is -0.394 e. The Morgan fingerprint density at radius 3 is 2.72 bits per heavy atom. The first-order valence-corrected chi connectivity index (χ1v) is 10.8. The maximum absolute atomic E-state index is 12.5. The SMILES string of the molecule is CCCCc1ccccc1Cn1cc(-c2cn([C@H]3C[C@H](O)[C@@H](CO)O3)c(=O)[nH]c2=O)nn1. The standard InChI is InChI=1S/C22H27N5O5/c1-2-3-6-14-7-4-5-8-15(14)10-26-12-17(24-25-26)16-11-27(22(31)23-21(16)30)20-9-18(29)19(13-28)32-20/h4-5,7-8,11-12,18-20,28-29H,2-3,6,9-10,13H2,1H3,(H,23,30,31)/t18-,19+,20+/m0/s1. The Balaban J connectivity index is 1.60. The number of rotatable bonds is 8. The molecule has 3 N–H and O–H groups in total. The number of aromatic amines is 1. The number of aryl methyl sites for hydroxylation is 1. The van der Waals surface area contributed by atoms with Crippen LogP contribution in [-0.2, 0) is 17.7 Å². The predicted octanol–water partition coefficient (Wildman–Crippen LogP) is 0.827. The predicted molar refractivity (Wildman–Crippen MR) is 116 cm³/mol. The van der Waals surface area contributed by atoms with Crippen molar-refractivity contribution in [2.75, 3.05) is 6.61 Å². The number of aliphatic hydroxyl groups excluding tert-OH is 2. The van der Waals surface area contributed by atoms with Gasteiger partial charge in [-0.25, -0.2) is 9.48 Å². The van der Waals surface area contributed by atoms with E-state index in [9.17, 15) is 19.8 Å². The van der Waals surface area contributed by atoms with Gasteiger partial charge in [0.1, 0.15) is 18.0 Å². The van der Waals surface area contributed by atoms with Gasteiger partial charge in [0, 0.05) is 12.6 Å². The lowest BCUT2D eigenvalue weighted by Gasteiger charge is -2.14. The van der Waals surface area contributed by atoms with Gasteiger partial charge < -0.3 is 14.9 Å². The highest BCUT2D eigenvalue weighted by Gasteiger charge is 2.35. The van der Waals surface area contributed by atoms with Gasteiger partial charge in [-0.15, -0.1) is 5.10 Å². The summed E-state index contributed by atoms with van der Waals surface area (Å²) in [7, 11) is 0. The van der Waals surface area contributed by atoms with Crippen molar-refractivity contribution in [1.82, 2.24) is 24.5 Å². The fraction of sp³-hybridized carbons (Fsp3) is 0.455. The molecule has 3 heterocycles. The zero-order valence-electron chi connectivity index (χ0n) is 17.8. The van der Waals surface area contributed by atoms with E-state index in [1.807, 2.05) is 12.1 Å². The largest absolute Gasteiger partial charge is 0.394 e. The summed E-state index contributed by atoms with van der Waals surface area (Å²) in [6, 6.07) is 8.17. The summed E-state index contributed by atoms with van der Waals surface area (Å²) >= 11 is 0. The molecule has 10 nitrogen and oxygen atoms in total. The molecule has 3 atom stereocenters. The van der Waals surface area contributed by atoms with Crippen LogP contribution in [-0.4, -0.2) is 53.6 Å². The summed E-state index contributed by atoms with van der Waals surface area (Å²) in [5.74, 6) is 0. The first kappa shape index (κ1) is 22.1. The Labute approximate surface area is 184 Å². The molecule has 0 saturated carbocycles. The lowest BCUT2D eigenvalue weighted by molar-refractivity contribution is -0.0458. The molecule has 32 heavy (non-hydrogen) atoms. The van der Waals surface area contributed by atoms with Crippen molar-refractivity contribution in [3.8, 4) is 11.3 Å². The van der Waals surface area contributed by atoms with Gasteiger partial charge in [-0.1, -0.05) is 42.8 Å². The normalized spacial score (nSPS) is 20.7. The Bertz CT molecular complexity index is 1180. The van der Waals surface area contributed by atoms with E-state index in [-0.39, 0.29) is 18.6 Å². The van der Waals surface area contributed by atoms with E-state index in [1.54, 1.807) is 10.9 Å². The molecule has 170 valence electrons. The van der Waals surface area contributed by atoms with Crippen LogP contribution in [0.2, 0.25) is 0 Å². The highest BCUT2D eigenvalue weighted by molar-refractivity contribution is 5.54. The van der Waals surface area contributed by atoms with E-state index in [0.29, 0.717) is 12.2 Å². The van der Waals surface area contributed by atoms with Gasteiger partial charge in [-0.3, -0.25) is 14.3 Å². The first-order chi connectivity index (χ1) is 15.5. The lowest BCUT2D eigenvalue weighted by atomic mass is 10.0. The van der Waals surface area contributed by atoms with E-state index >= 15 is 0 Å². The molecule has 0 bridgehead atoms. The van der Waals surface area contributed by atoms with E-state index in [4.69, 9.17) is 4.74 Å². The highest BCUT2D eigenvalue weighted by atomic mass is 16.5. The second-order valence-electron chi connectivity index (χ2n) is 8.00. The Morgan fingerprint density at radius 2 is 2.00 bits per heavy atom. The monoisotopic (exact) mass is 441 g/mol. The van der Waals surface area contributed by atoms with E-state index in [0.717, 1.165) is 24.8 Å². The van der Waals surface area contributed by atoms with Crippen molar-refractivity contribution in [3.05, 3.63) is 68.6 Å². The molecule has 10 heteroatoms. The third-order valence-corrected chi connectivity index (χ3v) is 5.73. The third kappa shape index (κ3) is 4.57. The zero-order chi connectivity index (χ0) is 22.7. The number of nitrogens with zero attached hydrogens (tertiary/aromatic N) is 4. The maximum Gasteiger partial charge on any atom is 0.330 e. The minimum absolute atomic E-state index is 0.123. The number of H-pyrrole nitrogens is 1. The molecule has 0 radical (unpaired) electrons. The number of aliphatic hydroxyl groups is 2. The molecule has 1 aliphatic rings. The first-order valence-electron chi connectivity index (χ1n) is 10.8. The number of hydrogen-bond donors (Lipinski definition) is 3. The summed E-state index contributed by atoms with van der Waals surface area (Å²) in [4.78, 5) is 27.1.